The molecule has 2 aromatic carbocycles. The number of likely N-dealkylation sites (N-methyl/N-ethyl adjacent to an activating group) is 1. The molecule has 20 heavy (non-hydrogen) atoms. The largest absolute Gasteiger partial charge is 0.496 e. The van der Waals surface area contributed by atoms with Gasteiger partial charge in [-0.15, -0.1) is 0 Å². The van der Waals surface area contributed by atoms with Crippen LogP contribution in [0.2, 0.25) is 5.02 Å². The maximum atomic E-state index is 6.04. The number of nitrogens with one attached hydrogen (secondary N) is 1. The van der Waals surface area contributed by atoms with Gasteiger partial charge in [-0.3, -0.25) is 0 Å². The molecule has 2 nitrogen and oxygen atoms in total. The first-order valence-corrected chi connectivity index (χ1v) is 7.56. The molecule has 0 spiro atoms. The molecule has 0 saturated carbocycles. The Morgan fingerprint density at radius 1 is 1.25 bits per heavy atom. The summed E-state index contributed by atoms with van der Waals surface area (Å²) in [7, 11) is 3.63. The van der Waals surface area contributed by atoms with Crippen LogP contribution in [0.25, 0.3) is 0 Å². The summed E-state index contributed by atoms with van der Waals surface area (Å²) in [5.74, 6) is 0.839. The van der Waals surface area contributed by atoms with Crippen molar-refractivity contribution in [2.75, 3.05) is 14.2 Å². The molecule has 0 bridgehead atoms. The van der Waals surface area contributed by atoms with Gasteiger partial charge in [-0.05, 0) is 64.8 Å². The minimum Gasteiger partial charge on any atom is -0.496 e. The van der Waals surface area contributed by atoms with Gasteiger partial charge in [-0.2, -0.15) is 0 Å². The zero-order chi connectivity index (χ0) is 14.5. The highest BCUT2D eigenvalue weighted by molar-refractivity contribution is 9.10. The second-order valence-electron chi connectivity index (χ2n) is 4.57. The molecule has 0 fully saturated rings. The third kappa shape index (κ3) is 3.75. The lowest BCUT2D eigenvalue weighted by Gasteiger charge is -2.18. The van der Waals surface area contributed by atoms with Crippen LogP contribution in [-0.2, 0) is 6.42 Å². The Morgan fingerprint density at radius 3 is 2.65 bits per heavy atom. The molecule has 1 N–H and O–H groups in total. The van der Waals surface area contributed by atoms with Gasteiger partial charge in [-0.25, -0.2) is 0 Å². The summed E-state index contributed by atoms with van der Waals surface area (Å²) in [6.45, 7) is 0. The van der Waals surface area contributed by atoms with Crippen LogP contribution in [0, 0.1) is 0 Å². The van der Waals surface area contributed by atoms with Gasteiger partial charge in [0, 0.05) is 11.1 Å². The third-order valence-electron chi connectivity index (χ3n) is 3.26. The summed E-state index contributed by atoms with van der Waals surface area (Å²) in [6, 6.07) is 14.3. The number of rotatable bonds is 5. The van der Waals surface area contributed by atoms with Crippen LogP contribution in [0.5, 0.6) is 5.75 Å². The molecule has 0 aromatic heterocycles. The first kappa shape index (κ1) is 15.4. The second-order valence-corrected chi connectivity index (χ2v) is 5.86. The fourth-order valence-electron chi connectivity index (χ4n) is 2.19. The highest BCUT2D eigenvalue weighted by Gasteiger charge is 2.12. The molecule has 4 heteroatoms. The average molecular weight is 355 g/mol. The van der Waals surface area contributed by atoms with Crippen molar-refractivity contribution in [3.05, 3.63) is 63.1 Å². The van der Waals surface area contributed by atoms with Crippen molar-refractivity contribution < 1.29 is 4.74 Å². The first-order chi connectivity index (χ1) is 9.63. The van der Waals surface area contributed by atoms with E-state index in [1.807, 2.05) is 31.3 Å². The topological polar surface area (TPSA) is 21.3 Å². The van der Waals surface area contributed by atoms with E-state index in [9.17, 15) is 0 Å². The van der Waals surface area contributed by atoms with Crippen molar-refractivity contribution >= 4 is 27.5 Å². The van der Waals surface area contributed by atoms with Gasteiger partial charge in [0.25, 0.3) is 0 Å². The van der Waals surface area contributed by atoms with Crippen LogP contribution >= 0.6 is 27.5 Å². The fraction of sp³-hybridized carbons (Fsp3) is 0.250. The van der Waals surface area contributed by atoms with Crippen molar-refractivity contribution in [2.45, 2.75) is 12.5 Å². The molecule has 0 amide bonds. The molecule has 0 saturated heterocycles. The smallest absolute Gasteiger partial charge is 0.133 e. The van der Waals surface area contributed by atoms with E-state index < -0.39 is 0 Å². The van der Waals surface area contributed by atoms with Crippen molar-refractivity contribution in [3.8, 4) is 5.75 Å². The highest BCUT2D eigenvalue weighted by atomic mass is 79.9. The minimum absolute atomic E-state index is 0.232. The van der Waals surface area contributed by atoms with Crippen molar-refractivity contribution in [1.29, 1.82) is 0 Å². The molecule has 1 unspecified atom stereocenters. The van der Waals surface area contributed by atoms with Gasteiger partial charge < -0.3 is 10.1 Å². The van der Waals surface area contributed by atoms with Crippen LogP contribution in [0.15, 0.2) is 46.9 Å². The van der Waals surface area contributed by atoms with E-state index in [0.29, 0.717) is 0 Å². The van der Waals surface area contributed by atoms with Crippen LogP contribution in [0.1, 0.15) is 17.2 Å². The summed E-state index contributed by atoms with van der Waals surface area (Å²) in [5.41, 5.74) is 2.42. The maximum Gasteiger partial charge on any atom is 0.133 e. The minimum atomic E-state index is 0.232. The zero-order valence-electron chi connectivity index (χ0n) is 11.5. The first-order valence-electron chi connectivity index (χ1n) is 6.39. The van der Waals surface area contributed by atoms with Crippen LogP contribution in [0.4, 0.5) is 0 Å². The number of hydrogen-bond donors (Lipinski definition) is 1. The van der Waals surface area contributed by atoms with Gasteiger partial charge in [0.2, 0.25) is 0 Å². The molecule has 0 aliphatic heterocycles. The van der Waals surface area contributed by atoms with Gasteiger partial charge in [0.15, 0.2) is 0 Å². The SMILES string of the molecule is CNC(Cc1cccc(Cl)c1)c1ccc(OC)c(Br)c1. The lowest BCUT2D eigenvalue weighted by molar-refractivity contribution is 0.411. The van der Waals surface area contributed by atoms with E-state index >= 15 is 0 Å². The number of halogens is 2. The molecule has 1 atom stereocenters. The average Bonchev–Trinajstić information content (AvgIpc) is 2.44. The molecule has 2 aromatic rings. The van der Waals surface area contributed by atoms with E-state index in [0.717, 1.165) is 21.7 Å². The molecule has 0 aliphatic carbocycles. The van der Waals surface area contributed by atoms with E-state index in [1.54, 1.807) is 7.11 Å². The second kappa shape index (κ2) is 7.11. The standard InChI is InChI=1S/C16H17BrClNO/c1-19-15(9-11-4-3-5-13(18)8-11)12-6-7-16(20-2)14(17)10-12/h3-8,10,15,19H,9H2,1-2H3. The van der Waals surface area contributed by atoms with Gasteiger partial charge >= 0.3 is 0 Å². The van der Waals surface area contributed by atoms with Gasteiger partial charge in [-0.1, -0.05) is 29.8 Å². The Morgan fingerprint density at radius 2 is 2.05 bits per heavy atom. The molecular formula is C16H17BrClNO. The normalized spacial score (nSPS) is 12.2. The summed E-state index contributed by atoms with van der Waals surface area (Å²) >= 11 is 9.57. The molecule has 0 radical (unpaired) electrons. The Labute approximate surface area is 133 Å². The van der Waals surface area contributed by atoms with E-state index in [4.69, 9.17) is 16.3 Å². The molecular weight excluding hydrogens is 338 g/mol. The van der Waals surface area contributed by atoms with Crippen LogP contribution in [0.3, 0.4) is 0 Å². The Kier molecular flexibility index (Phi) is 5.46. The lowest BCUT2D eigenvalue weighted by atomic mass is 9.99. The molecule has 106 valence electrons. The van der Waals surface area contributed by atoms with Crippen LogP contribution < -0.4 is 10.1 Å². The predicted octanol–water partition coefficient (Wildman–Crippen LogP) is 4.61. The highest BCUT2D eigenvalue weighted by Crippen LogP contribution is 2.29. The number of methoxy groups -OCH3 is 1. The monoisotopic (exact) mass is 353 g/mol. The third-order valence-corrected chi connectivity index (χ3v) is 4.11. The summed E-state index contributed by atoms with van der Waals surface area (Å²) in [4.78, 5) is 0. The Bertz CT molecular complexity index is 588. The maximum absolute atomic E-state index is 6.04. The van der Waals surface area contributed by atoms with Gasteiger partial charge in [0.05, 0.1) is 11.6 Å². The summed E-state index contributed by atoms with van der Waals surface area (Å²) < 4.78 is 6.22. The molecule has 2 rings (SSSR count). The number of hydrogen-bond acceptors (Lipinski definition) is 2. The van der Waals surface area contributed by atoms with E-state index in [-0.39, 0.29) is 6.04 Å². The van der Waals surface area contributed by atoms with Crippen LogP contribution in [-0.4, -0.2) is 14.2 Å². The quantitative estimate of drug-likeness (QED) is 0.846. The lowest BCUT2D eigenvalue weighted by Crippen LogP contribution is -2.18. The fourth-order valence-corrected chi connectivity index (χ4v) is 2.96. The Balaban J connectivity index is 2.22. The Hall–Kier alpha value is -1.03. The van der Waals surface area contributed by atoms with E-state index in [2.05, 4.69) is 39.4 Å². The van der Waals surface area contributed by atoms with Crippen molar-refractivity contribution in [2.24, 2.45) is 0 Å². The molecule has 0 aliphatic rings. The van der Waals surface area contributed by atoms with Gasteiger partial charge in [0.1, 0.15) is 5.75 Å². The number of ether oxygens (including phenoxy) is 1. The summed E-state index contributed by atoms with van der Waals surface area (Å²) in [6.07, 6.45) is 0.885. The van der Waals surface area contributed by atoms with E-state index in [1.165, 1.54) is 11.1 Å². The number of benzene rings is 2. The van der Waals surface area contributed by atoms with Crippen molar-refractivity contribution in [3.63, 3.8) is 0 Å². The zero-order valence-corrected chi connectivity index (χ0v) is 13.8. The van der Waals surface area contributed by atoms with Crippen molar-refractivity contribution in [1.82, 2.24) is 5.32 Å². The predicted molar refractivity (Wildman–Crippen MR) is 87.7 cm³/mol. The molecule has 0 heterocycles. The summed E-state index contributed by atoms with van der Waals surface area (Å²) in [5, 5.41) is 4.12.